The summed E-state index contributed by atoms with van der Waals surface area (Å²) in [6.45, 7) is 16.0. The summed E-state index contributed by atoms with van der Waals surface area (Å²) < 4.78 is 13.4. The summed E-state index contributed by atoms with van der Waals surface area (Å²) >= 11 is 0. The van der Waals surface area contributed by atoms with Gasteiger partial charge in [-0.15, -0.1) is 0 Å². The molecule has 1 saturated heterocycles. The van der Waals surface area contributed by atoms with Crippen molar-refractivity contribution in [3.8, 4) is 0 Å². The van der Waals surface area contributed by atoms with Crippen molar-refractivity contribution in [3.05, 3.63) is 18.5 Å². The lowest BCUT2D eigenvalue weighted by Gasteiger charge is -2.60. The van der Waals surface area contributed by atoms with Crippen molar-refractivity contribution in [1.82, 2.24) is 19.4 Å². The lowest BCUT2D eigenvalue weighted by atomic mass is 9.60. The smallest absolute Gasteiger partial charge is 0.410 e. The molecule has 3 heterocycles. The molecule has 1 amide bonds. The van der Waals surface area contributed by atoms with Gasteiger partial charge in [-0.2, -0.15) is 0 Å². The second-order valence-corrected chi connectivity index (χ2v) is 17.7. The number of aromatic nitrogens is 3. The minimum Gasteiger partial charge on any atom is -0.444 e. The van der Waals surface area contributed by atoms with Crippen molar-refractivity contribution in [2.75, 3.05) is 31.6 Å². The van der Waals surface area contributed by atoms with E-state index in [1.165, 1.54) is 0 Å². The van der Waals surface area contributed by atoms with E-state index in [4.69, 9.17) is 14.5 Å². The number of carbonyl (C=O) groups excluding carboxylic acids is 1. The van der Waals surface area contributed by atoms with Gasteiger partial charge in [0.05, 0.1) is 6.20 Å². The van der Waals surface area contributed by atoms with Gasteiger partial charge in [-0.05, 0) is 45.7 Å². The van der Waals surface area contributed by atoms with Gasteiger partial charge >= 0.3 is 6.09 Å². The number of amides is 1. The predicted octanol–water partition coefficient (Wildman–Crippen LogP) is 4.58. The molecule has 2 fully saturated rings. The molecule has 1 spiro atoms. The minimum atomic E-state index is -1.08. The molecule has 1 aliphatic carbocycles. The van der Waals surface area contributed by atoms with Gasteiger partial charge in [0.25, 0.3) is 0 Å². The van der Waals surface area contributed by atoms with Gasteiger partial charge in [0.15, 0.2) is 5.65 Å². The summed E-state index contributed by atoms with van der Waals surface area (Å²) in [5.74, 6) is 0.925. The molecule has 0 aromatic carbocycles. The van der Waals surface area contributed by atoms with Crippen molar-refractivity contribution in [2.45, 2.75) is 77.7 Å². The molecule has 33 heavy (non-hydrogen) atoms. The second-order valence-electron chi connectivity index (χ2n) is 12.1. The molecule has 182 valence electrons. The monoisotopic (exact) mass is 473 g/mol. The third-order valence-corrected chi connectivity index (χ3v) is 8.32. The zero-order valence-corrected chi connectivity index (χ0v) is 22.2. The first kappa shape index (κ1) is 24.0. The van der Waals surface area contributed by atoms with Crippen LogP contribution in [0, 0.1) is 5.41 Å². The number of rotatable bonds is 7. The third kappa shape index (κ3) is 5.51. The topological polar surface area (TPSA) is 72.7 Å². The molecule has 9 heteroatoms. The Morgan fingerprint density at radius 1 is 1.27 bits per heavy atom. The maximum Gasteiger partial charge on any atom is 0.410 e. The Morgan fingerprint density at radius 3 is 2.61 bits per heavy atom. The standard InChI is InChI=1S/C24H39N5O3Si/c1-23(2,3)32-22(30)27(4)18-12-24(13-18)15-29(16-24)20-14-25-21-19(26-20)8-9-28(21)17-31-10-11-33(5,6)7/h8-9,14,18H,10-13,15-17H2,1-7H3. The Hall–Kier alpha value is -2.13. The van der Waals surface area contributed by atoms with Gasteiger partial charge in [-0.3, -0.25) is 0 Å². The van der Waals surface area contributed by atoms with Crippen LogP contribution in [0.3, 0.4) is 0 Å². The molecule has 0 radical (unpaired) electrons. The van der Waals surface area contributed by atoms with Gasteiger partial charge < -0.3 is 23.8 Å². The van der Waals surface area contributed by atoms with Crippen LogP contribution in [0.25, 0.3) is 11.2 Å². The Bertz CT molecular complexity index is 996. The molecule has 4 rings (SSSR count). The van der Waals surface area contributed by atoms with Crippen LogP contribution < -0.4 is 4.90 Å². The number of carbonyl (C=O) groups is 1. The first-order valence-corrected chi connectivity index (χ1v) is 15.7. The van der Waals surface area contributed by atoms with Crippen molar-refractivity contribution < 1.29 is 14.3 Å². The predicted molar refractivity (Wildman–Crippen MR) is 133 cm³/mol. The van der Waals surface area contributed by atoms with E-state index >= 15 is 0 Å². The zero-order chi connectivity index (χ0) is 24.0. The summed E-state index contributed by atoms with van der Waals surface area (Å²) in [6, 6.07) is 3.43. The summed E-state index contributed by atoms with van der Waals surface area (Å²) in [7, 11) is 0.767. The molecule has 0 atom stereocenters. The number of anilines is 1. The third-order valence-electron chi connectivity index (χ3n) is 6.62. The highest BCUT2D eigenvalue weighted by atomic mass is 28.3. The first-order chi connectivity index (χ1) is 15.3. The fraction of sp³-hybridized carbons (Fsp3) is 0.708. The Balaban J connectivity index is 1.27. The summed E-state index contributed by atoms with van der Waals surface area (Å²) in [5.41, 5.74) is 1.59. The van der Waals surface area contributed by atoms with Crippen LogP contribution in [-0.4, -0.2) is 72.0 Å². The highest BCUT2D eigenvalue weighted by molar-refractivity contribution is 6.76. The van der Waals surface area contributed by atoms with Crippen LogP contribution in [0.1, 0.15) is 33.6 Å². The Labute approximate surface area is 198 Å². The second kappa shape index (κ2) is 8.58. The Kier molecular flexibility index (Phi) is 6.24. The van der Waals surface area contributed by atoms with Crippen LogP contribution in [-0.2, 0) is 16.2 Å². The largest absolute Gasteiger partial charge is 0.444 e. The molecule has 1 aliphatic heterocycles. The van der Waals surface area contributed by atoms with Crippen molar-refractivity contribution in [2.24, 2.45) is 5.41 Å². The normalized spacial score (nSPS) is 18.3. The van der Waals surface area contributed by atoms with Gasteiger partial charge in [0, 0.05) is 52.5 Å². The van der Waals surface area contributed by atoms with Gasteiger partial charge in [-0.1, -0.05) is 19.6 Å². The molecule has 2 aromatic heterocycles. The number of fused-ring (bicyclic) bond motifs is 1. The fourth-order valence-corrected chi connectivity index (χ4v) is 5.39. The molecule has 2 aromatic rings. The average molecular weight is 474 g/mol. The molecule has 0 bridgehead atoms. The van der Waals surface area contributed by atoms with E-state index in [9.17, 15) is 4.79 Å². The van der Waals surface area contributed by atoms with Crippen LogP contribution >= 0.6 is 0 Å². The minimum absolute atomic E-state index is 0.233. The lowest BCUT2D eigenvalue weighted by Crippen LogP contribution is -2.67. The van der Waals surface area contributed by atoms with Gasteiger partial charge in [0.1, 0.15) is 23.7 Å². The summed E-state index contributed by atoms with van der Waals surface area (Å²) in [4.78, 5) is 25.9. The SMILES string of the molecule is CN(C(=O)OC(C)(C)C)C1CC2(C1)CN(c1cnc3c(ccn3COCC[Si](C)(C)C)n1)C2. The zero-order valence-electron chi connectivity index (χ0n) is 21.2. The van der Waals surface area contributed by atoms with E-state index in [1.54, 1.807) is 4.90 Å². The maximum atomic E-state index is 12.3. The van der Waals surface area contributed by atoms with Gasteiger partial charge in [-0.25, -0.2) is 14.8 Å². The number of nitrogens with zero attached hydrogens (tertiary/aromatic N) is 5. The van der Waals surface area contributed by atoms with E-state index in [0.717, 1.165) is 55.6 Å². The quantitative estimate of drug-likeness (QED) is 0.433. The fourth-order valence-electron chi connectivity index (χ4n) is 4.63. The molecule has 0 unspecified atom stereocenters. The van der Waals surface area contributed by atoms with Crippen molar-refractivity contribution in [1.29, 1.82) is 0 Å². The van der Waals surface area contributed by atoms with E-state index in [1.807, 2.05) is 50.8 Å². The highest BCUT2D eigenvalue weighted by Gasteiger charge is 2.54. The molecule has 1 saturated carbocycles. The van der Waals surface area contributed by atoms with Crippen molar-refractivity contribution >= 4 is 31.1 Å². The highest BCUT2D eigenvalue weighted by Crippen LogP contribution is 2.51. The number of hydrogen-bond donors (Lipinski definition) is 0. The molecular weight excluding hydrogens is 434 g/mol. The van der Waals surface area contributed by atoms with Gasteiger partial charge in [0.2, 0.25) is 0 Å². The van der Waals surface area contributed by atoms with E-state index < -0.39 is 13.7 Å². The van der Waals surface area contributed by atoms with Crippen LogP contribution in [0.4, 0.5) is 10.6 Å². The summed E-state index contributed by atoms with van der Waals surface area (Å²) in [6.07, 6.45) is 5.67. The van der Waals surface area contributed by atoms with Crippen LogP contribution in [0.5, 0.6) is 0 Å². The first-order valence-electron chi connectivity index (χ1n) is 11.9. The lowest BCUT2D eigenvalue weighted by molar-refractivity contribution is -0.0293. The number of hydrogen-bond acceptors (Lipinski definition) is 6. The number of ether oxygens (including phenoxy) is 2. The van der Waals surface area contributed by atoms with Crippen molar-refractivity contribution in [3.63, 3.8) is 0 Å². The summed E-state index contributed by atoms with van der Waals surface area (Å²) in [5, 5.41) is 0. The van der Waals surface area contributed by atoms with Crippen LogP contribution in [0.15, 0.2) is 18.5 Å². The molecule has 0 N–H and O–H groups in total. The average Bonchev–Trinajstić information content (AvgIpc) is 3.03. The van der Waals surface area contributed by atoms with E-state index in [-0.39, 0.29) is 17.6 Å². The maximum absolute atomic E-state index is 12.3. The van der Waals surface area contributed by atoms with Crippen LogP contribution in [0.2, 0.25) is 25.7 Å². The Morgan fingerprint density at radius 2 is 1.97 bits per heavy atom. The van der Waals surface area contributed by atoms with E-state index in [2.05, 4.69) is 29.5 Å². The molecule has 8 nitrogen and oxygen atoms in total. The van der Waals surface area contributed by atoms with E-state index in [0.29, 0.717) is 6.73 Å². The molecule has 2 aliphatic rings. The molecular formula is C24H39N5O3Si.